The van der Waals surface area contributed by atoms with Crippen molar-refractivity contribution in [2.24, 2.45) is 5.92 Å². The predicted octanol–water partition coefficient (Wildman–Crippen LogP) is 4.85. The standard InChI is InChI=1S/C18H20ClF3N4O/c19-16-13-7-24-17(26-15(13)14(8-23-16)18(20,21)22)25-11-3-5-12(6-4-11)27-9-10-1-2-10/h7-8,10-12H,1-6,9H2,(H,24,25,26). The van der Waals surface area contributed by atoms with Crippen molar-refractivity contribution in [1.82, 2.24) is 15.0 Å². The first kappa shape index (κ1) is 18.7. The Morgan fingerprint density at radius 2 is 1.81 bits per heavy atom. The number of nitrogens with one attached hydrogen (secondary N) is 1. The molecule has 2 aromatic heterocycles. The number of ether oxygens (including phenoxy) is 1. The van der Waals surface area contributed by atoms with E-state index >= 15 is 0 Å². The summed E-state index contributed by atoms with van der Waals surface area (Å²) in [5.41, 5.74) is -1.15. The van der Waals surface area contributed by atoms with Gasteiger partial charge in [-0.2, -0.15) is 13.2 Å². The molecule has 0 radical (unpaired) electrons. The molecule has 2 heterocycles. The Bertz CT molecular complexity index is 820. The van der Waals surface area contributed by atoms with Crippen molar-refractivity contribution < 1.29 is 17.9 Å². The first-order chi connectivity index (χ1) is 12.9. The SMILES string of the molecule is FC(F)(F)c1cnc(Cl)c2cnc(NC3CCC(OCC4CC4)CC3)nc12. The first-order valence-electron chi connectivity index (χ1n) is 9.16. The summed E-state index contributed by atoms with van der Waals surface area (Å²) >= 11 is 5.90. The van der Waals surface area contributed by atoms with Gasteiger partial charge in [0.2, 0.25) is 5.95 Å². The Balaban J connectivity index is 1.45. The molecule has 0 saturated heterocycles. The quantitative estimate of drug-likeness (QED) is 0.727. The van der Waals surface area contributed by atoms with E-state index in [9.17, 15) is 13.2 Å². The number of halogens is 4. The van der Waals surface area contributed by atoms with Gasteiger partial charge in [0.15, 0.2) is 0 Å². The molecule has 9 heteroatoms. The molecule has 5 nitrogen and oxygen atoms in total. The summed E-state index contributed by atoms with van der Waals surface area (Å²) in [7, 11) is 0. The lowest BCUT2D eigenvalue weighted by molar-refractivity contribution is -0.136. The van der Waals surface area contributed by atoms with Crippen molar-refractivity contribution in [3.8, 4) is 0 Å². The number of hydrogen-bond donors (Lipinski definition) is 1. The van der Waals surface area contributed by atoms with E-state index in [-0.39, 0.29) is 34.2 Å². The first-order valence-corrected chi connectivity index (χ1v) is 9.54. The largest absolute Gasteiger partial charge is 0.419 e. The highest BCUT2D eigenvalue weighted by molar-refractivity contribution is 6.34. The fourth-order valence-corrected chi connectivity index (χ4v) is 3.57. The zero-order chi connectivity index (χ0) is 19.0. The maximum atomic E-state index is 13.2. The van der Waals surface area contributed by atoms with Crippen molar-refractivity contribution in [3.05, 3.63) is 23.1 Å². The fourth-order valence-electron chi connectivity index (χ4n) is 3.38. The third-order valence-corrected chi connectivity index (χ3v) is 5.45. The summed E-state index contributed by atoms with van der Waals surface area (Å²) < 4.78 is 45.6. The number of pyridine rings is 1. The van der Waals surface area contributed by atoms with Crippen LogP contribution in [0.15, 0.2) is 12.4 Å². The molecule has 2 aromatic rings. The van der Waals surface area contributed by atoms with Gasteiger partial charge in [0.1, 0.15) is 10.7 Å². The summed E-state index contributed by atoms with van der Waals surface area (Å²) in [5, 5.41) is 3.21. The molecule has 0 bridgehead atoms. The zero-order valence-electron chi connectivity index (χ0n) is 14.6. The van der Waals surface area contributed by atoms with E-state index in [1.54, 1.807) is 0 Å². The Kier molecular flexibility index (Phi) is 5.11. The van der Waals surface area contributed by atoms with Gasteiger partial charge in [-0.1, -0.05) is 11.6 Å². The topological polar surface area (TPSA) is 59.9 Å². The van der Waals surface area contributed by atoms with Gasteiger partial charge < -0.3 is 10.1 Å². The number of hydrogen-bond acceptors (Lipinski definition) is 5. The van der Waals surface area contributed by atoms with Crippen LogP contribution in [0.2, 0.25) is 5.15 Å². The molecule has 0 aromatic carbocycles. The highest BCUT2D eigenvalue weighted by Gasteiger charge is 2.35. The van der Waals surface area contributed by atoms with E-state index in [4.69, 9.17) is 16.3 Å². The third kappa shape index (κ3) is 4.43. The summed E-state index contributed by atoms with van der Waals surface area (Å²) in [6.45, 7) is 0.853. The van der Waals surface area contributed by atoms with Crippen molar-refractivity contribution in [1.29, 1.82) is 0 Å². The van der Waals surface area contributed by atoms with Crippen LogP contribution in [0.5, 0.6) is 0 Å². The molecular weight excluding hydrogens is 381 g/mol. The van der Waals surface area contributed by atoms with Gasteiger partial charge >= 0.3 is 6.18 Å². The van der Waals surface area contributed by atoms with Crippen molar-refractivity contribution >= 4 is 28.5 Å². The minimum atomic E-state index is -4.56. The van der Waals surface area contributed by atoms with Crippen molar-refractivity contribution in [3.63, 3.8) is 0 Å². The third-order valence-electron chi connectivity index (χ3n) is 5.15. The highest BCUT2D eigenvalue weighted by atomic mass is 35.5. The molecule has 2 aliphatic carbocycles. The predicted molar refractivity (Wildman–Crippen MR) is 95.7 cm³/mol. The molecule has 0 aliphatic heterocycles. The van der Waals surface area contributed by atoms with Gasteiger partial charge in [-0.3, -0.25) is 0 Å². The lowest BCUT2D eigenvalue weighted by Crippen LogP contribution is -2.30. The Labute approximate surface area is 159 Å². The van der Waals surface area contributed by atoms with Gasteiger partial charge in [0, 0.05) is 25.0 Å². The van der Waals surface area contributed by atoms with Crippen LogP contribution in [-0.2, 0) is 10.9 Å². The molecule has 2 aliphatic rings. The number of fused-ring (bicyclic) bond motifs is 1. The molecule has 2 fully saturated rings. The van der Waals surface area contributed by atoms with E-state index in [2.05, 4.69) is 20.3 Å². The summed E-state index contributed by atoms with van der Waals surface area (Å²) in [4.78, 5) is 11.8. The smallest absolute Gasteiger partial charge is 0.378 e. The normalized spacial score (nSPS) is 23.6. The molecule has 0 amide bonds. The Morgan fingerprint density at radius 3 is 2.48 bits per heavy atom. The van der Waals surface area contributed by atoms with Crippen molar-refractivity contribution in [2.45, 2.75) is 56.8 Å². The second-order valence-electron chi connectivity index (χ2n) is 7.31. The molecular formula is C18H20ClF3N4O. The molecule has 27 heavy (non-hydrogen) atoms. The van der Waals surface area contributed by atoms with Gasteiger partial charge in [0.25, 0.3) is 0 Å². The molecule has 0 unspecified atom stereocenters. The van der Waals surface area contributed by atoms with E-state index in [1.165, 1.54) is 19.0 Å². The lowest BCUT2D eigenvalue weighted by Gasteiger charge is -2.29. The van der Waals surface area contributed by atoms with Crippen LogP contribution in [0.3, 0.4) is 0 Å². The molecule has 0 atom stereocenters. The Hall–Kier alpha value is -1.67. The average Bonchev–Trinajstić information content (AvgIpc) is 3.45. The van der Waals surface area contributed by atoms with Crippen LogP contribution in [-0.4, -0.2) is 33.7 Å². The number of anilines is 1. The van der Waals surface area contributed by atoms with Gasteiger partial charge in [-0.25, -0.2) is 15.0 Å². The molecule has 1 N–H and O–H groups in total. The molecule has 2 saturated carbocycles. The average molecular weight is 401 g/mol. The van der Waals surface area contributed by atoms with Gasteiger partial charge in [-0.15, -0.1) is 0 Å². The summed E-state index contributed by atoms with van der Waals surface area (Å²) in [5.74, 6) is 0.925. The zero-order valence-corrected chi connectivity index (χ0v) is 15.4. The van der Waals surface area contributed by atoms with Gasteiger partial charge in [0.05, 0.1) is 17.0 Å². The second kappa shape index (κ2) is 7.39. The van der Waals surface area contributed by atoms with Crippen molar-refractivity contribution in [2.75, 3.05) is 11.9 Å². The van der Waals surface area contributed by atoms with Crippen LogP contribution in [0.1, 0.15) is 44.1 Å². The fraction of sp³-hybridized carbons (Fsp3) is 0.611. The lowest BCUT2D eigenvalue weighted by atomic mass is 9.93. The molecule has 0 spiro atoms. The number of rotatable bonds is 5. The highest BCUT2D eigenvalue weighted by Crippen LogP contribution is 2.36. The molecule has 146 valence electrons. The Morgan fingerprint density at radius 1 is 1.07 bits per heavy atom. The molecule has 4 rings (SSSR count). The van der Waals surface area contributed by atoms with Crippen LogP contribution >= 0.6 is 11.6 Å². The number of nitrogens with zero attached hydrogens (tertiary/aromatic N) is 3. The minimum absolute atomic E-state index is 0.0436. The summed E-state index contributed by atoms with van der Waals surface area (Å²) in [6.07, 6.45) is 3.89. The minimum Gasteiger partial charge on any atom is -0.378 e. The van der Waals surface area contributed by atoms with Crippen LogP contribution in [0, 0.1) is 5.92 Å². The monoisotopic (exact) mass is 400 g/mol. The maximum absolute atomic E-state index is 13.2. The van der Waals surface area contributed by atoms with Crippen LogP contribution < -0.4 is 5.32 Å². The van der Waals surface area contributed by atoms with E-state index in [1.807, 2.05) is 0 Å². The number of aromatic nitrogens is 3. The van der Waals surface area contributed by atoms with Gasteiger partial charge in [-0.05, 0) is 44.4 Å². The van der Waals surface area contributed by atoms with E-state index < -0.39 is 11.7 Å². The summed E-state index contributed by atoms with van der Waals surface area (Å²) in [6, 6.07) is 0.120. The van der Waals surface area contributed by atoms with Crippen LogP contribution in [0.4, 0.5) is 19.1 Å². The number of alkyl halides is 3. The second-order valence-corrected chi connectivity index (χ2v) is 7.67. The van der Waals surface area contributed by atoms with E-state index in [0.29, 0.717) is 6.20 Å². The van der Waals surface area contributed by atoms with Crippen LogP contribution in [0.25, 0.3) is 10.9 Å². The maximum Gasteiger partial charge on any atom is 0.419 e. The van der Waals surface area contributed by atoms with E-state index in [0.717, 1.165) is 38.2 Å².